The monoisotopic (exact) mass is 311 g/mol. The molecule has 0 bridgehead atoms. The summed E-state index contributed by atoms with van der Waals surface area (Å²) in [7, 11) is 0. The first kappa shape index (κ1) is 15.6. The van der Waals surface area contributed by atoms with Crippen molar-refractivity contribution in [3.63, 3.8) is 0 Å². The highest BCUT2D eigenvalue weighted by atomic mass is 35.5. The van der Waals surface area contributed by atoms with Gasteiger partial charge in [0.05, 0.1) is 17.6 Å². The van der Waals surface area contributed by atoms with Gasteiger partial charge in [-0.25, -0.2) is 0 Å². The summed E-state index contributed by atoms with van der Waals surface area (Å²) in [4.78, 5) is 0. The SMILES string of the molecule is N#CC1(C(O)c2cc(Cl)cc(Cl)c2)CCCCCCC1. The average Bonchev–Trinajstić information content (AvgIpc) is 2.37. The zero-order valence-electron chi connectivity index (χ0n) is 11.4. The third-order valence-corrected chi connectivity index (χ3v) is 4.63. The summed E-state index contributed by atoms with van der Waals surface area (Å²) in [5.41, 5.74) is -0.0707. The molecule has 0 spiro atoms. The lowest BCUT2D eigenvalue weighted by Crippen LogP contribution is -2.28. The van der Waals surface area contributed by atoms with Crippen LogP contribution in [0.25, 0.3) is 0 Å². The standard InChI is InChI=1S/C16H19Cl2NO/c17-13-8-12(9-14(18)10-13)15(20)16(11-19)6-4-2-1-3-5-7-16/h8-10,15,20H,1-7H2. The van der Waals surface area contributed by atoms with Crippen molar-refractivity contribution in [1.82, 2.24) is 0 Å². The van der Waals surface area contributed by atoms with E-state index in [0.717, 1.165) is 38.5 Å². The van der Waals surface area contributed by atoms with E-state index in [-0.39, 0.29) is 0 Å². The third-order valence-electron chi connectivity index (χ3n) is 4.19. The second-order valence-electron chi connectivity index (χ2n) is 5.64. The van der Waals surface area contributed by atoms with E-state index in [1.165, 1.54) is 6.42 Å². The van der Waals surface area contributed by atoms with Crippen molar-refractivity contribution in [1.29, 1.82) is 5.26 Å². The molecule has 2 nitrogen and oxygen atoms in total. The van der Waals surface area contributed by atoms with E-state index in [9.17, 15) is 10.4 Å². The number of aliphatic hydroxyl groups is 1. The molecule has 108 valence electrons. The van der Waals surface area contributed by atoms with Gasteiger partial charge in [0.2, 0.25) is 0 Å². The maximum atomic E-state index is 10.7. The van der Waals surface area contributed by atoms with Crippen LogP contribution in [0.1, 0.15) is 56.6 Å². The Morgan fingerprint density at radius 1 is 1.00 bits per heavy atom. The molecule has 1 N–H and O–H groups in total. The van der Waals surface area contributed by atoms with Crippen molar-refractivity contribution < 1.29 is 5.11 Å². The molecule has 0 aromatic heterocycles. The van der Waals surface area contributed by atoms with Crippen molar-refractivity contribution >= 4 is 23.2 Å². The van der Waals surface area contributed by atoms with Crippen molar-refractivity contribution in [3.05, 3.63) is 33.8 Å². The molecule has 1 saturated carbocycles. The van der Waals surface area contributed by atoms with Crippen LogP contribution in [0.2, 0.25) is 10.0 Å². The zero-order valence-corrected chi connectivity index (χ0v) is 12.9. The molecule has 0 aliphatic heterocycles. The van der Waals surface area contributed by atoms with Crippen LogP contribution >= 0.6 is 23.2 Å². The Hall–Kier alpha value is -0.750. The maximum absolute atomic E-state index is 10.7. The summed E-state index contributed by atoms with van der Waals surface area (Å²) < 4.78 is 0. The normalized spacial score (nSPS) is 20.5. The molecule has 1 aliphatic rings. The molecule has 2 rings (SSSR count). The number of rotatable bonds is 2. The fourth-order valence-electron chi connectivity index (χ4n) is 3.03. The van der Waals surface area contributed by atoms with Gasteiger partial charge in [0, 0.05) is 10.0 Å². The summed E-state index contributed by atoms with van der Waals surface area (Å²) in [6, 6.07) is 7.43. The molecule has 0 radical (unpaired) electrons. The van der Waals surface area contributed by atoms with E-state index in [0.29, 0.717) is 15.6 Å². The van der Waals surface area contributed by atoms with Gasteiger partial charge in [0.15, 0.2) is 0 Å². The zero-order chi connectivity index (χ0) is 14.6. The van der Waals surface area contributed by atoms with Gasteiger partial charge in [-0.1, -0.05) is 55.3 Å². The van der Waals surface area contributed by atoms with Gasteiger partial charge < -0.3 is 5.11 Å². The van der Waals surface area contributed by atoms with E-state index in [1.807, 2.05) is 0 Å². The predicted octanol–water partition coefficient (Wildman–Crippen LogP) is 5.28. The van der Waals surface area contributed by atoms with Crippen LogP contribution in [-0.2, 0) is 0 Å². The first-order chi connectivity index (χ1) is 9.57. The van der Waals surface area contributed by atoms with Crippen LogP contribution in [0.5, 0.6) is 0 Å². The highest BCUT2D eigenvalue weighted by molar-refractivity contribution is 6.34. The average molecular weight is 312 g/mol. The van der Waals surface area contributed by atoms with Crippen LogP contribution in [-0.4, -0.2) is 5.11 Å². The molecule has 0 saturated heterocycles. The first-order valence-electron chi connectivity index (χ1n) is 7.13. The molecule has 1 aromatic rings. The molecule has 0 heterocycles. The Balaban J connectivity index is 2.31. The van der Waals surface area contributed by atoms with Gasteiger partial charge >= 0.3 is 0 Å². The van der Waals surface area contributed by atoms with E-state index in [2.05, 4.69) is 6.07 Å². The Morgan fingerprint density at radius 2 is 1.50 bits per heavy atom. The van der Waals surface area contributed by atoms with Crippen LogP contribution < -0.4 is 0 Å². The van der Waals surface area contributed by atoms with Crippen molar-refractivity contribution in [2.75, 3.05) is 0 Å². The predicted molar refractivity (Wildman–Crippen MR) is 81.8 cm³/mol. The second-order valence-corrected chi connectivity index (χ2v) is 6.51. The number of aliphatic hydroxyl groups excluding tert-OH is 1. The number of hydrogen-bond donors (Lipinski definition) is 1. The summed E-state index contributed by atoms with van der Waals surface area (Å²) in [5.74, 6) is 0. The minimum Gasteiger partial charge on any atom is -0.387 e. The lowest BCUT2D eigenvalue weighted by Gasteiger charge is -2.33. The lowest BCUT2D eigenvalue weighted by molar-refractivity contribution is 0.0435. The van der Waals surface area contributed by atoms with E-state index in [4.69, 9.17) is 23.2 Å². The molecule has 4 heteroatoms. The van der Waals surface area contributed by atoms with Crippen LogP contribution in [0.3, 0.4) is 0 Å². The molecule has 20 heavy (non-hydrogen) atoms. The summed E-state index contributed by atoms with van der Waals surface area (Å²) in [6.45, 7) is 0. The quantitative estimate of drug-likeness (QED) is 0.807. The molecule has 1 fully saturated rings. The van der Waals surface area contributed by atoms with Gasteiger partial charge in [0.25, 0.3) is 0 Å². The number of benzene rings is 1. The fraction of sp³-hybridized carbons (Fsp3) is 0.562. The van der Waals surface area contributed by atoms with Gasteiger partial charge in [-0.05, 0) is 36.6 Å². The summed E-state index contributed by atoms with van der Waals surface area (Å²) >= 11 is 12.0. The Kier molecular flexibility index (Phi) is 5.32. The van der Waals surface area contributed by atoms with Gasteiger partial charge in [-0.2, -0.15) is 5.26 Å². The summed E-state index contributed by atoms with van der Waals surface area (Å²) in [5, 5.41) is 21.4. The molecule has 1 aliphatic carbocycles. The molecule has 1 unspecified atom stereocenters. The molecule has 1 aromatic carbocycles. The van der Waals surface area contributed by atoms with Crippen molar-refractivity contribution in [2.24, 2.45) is 5.41 Å². The second kappa shape index (κ2) is 6.80. The minimum absolute atomic E-state index is 0.491. The number of hydrogen-bond acceptors (Lipinski definition) is 2. The van der Waals surface area contributed by atoms with Crippen LogP contribution in [0.4, 0.5) is 0 Å². The van der Waals surface area contributed by atoms with Crippen molar-refractivity contribution in [3.8, 4) is 6.07 Å². The van der Waals surface area contributed by atoms with Crippen molar-refractivity contribution in [2.45, 2.75) is 51.0 Å². The Bertz CT molecular complexity index is 481. The van der Waals surface area contributed by atoms with E-state index >= 15 is 0 Å². The molecule has 1 atom stereocenters. The molecule has 0 amide bonds. The topological polar surface area (TPSA) is 44.0 Å². The first-order valence-corrected chi connectivity index (χ1v) is 7.88. The summed E-state index contributed by atoms with van der Waals surface area (Å²) in [6.07, 6.45) is 6.09. The van der Waals surface area contributed by atoms with Gasteiger partial charge in [-0.15, -0.1) is 0 Å². The van der Waals surface area contributed by atoms with Crippen LogP contribution in [0.15, 0.2) is 18.2 Å². The Labute approximate surface area is 130 Å². The number of halogens is 2. The minimum atomic E-state index is -0.832. The number of nitriles is 1. The number of nitrogens with zero attached hydrogens (tertiary/aromatic N) is 1. The smallest absolute Gasteiger partial charge is 0.0977 e. The lowest BCUT2D eigenvalue weighted by atomic mass is 9.71. The third kappa shape index (κ3) is 3.47. The van der Waals surface area contributed by atoms with Gasteiger partial charge in [-0.3, -0.25) is 0 Å². The highest BCUT2D eigenvalue weighted by Crippen LogP contribution is 2.44. The fourth-order valence-corrected chi connectivity index (χ4v) is 3.58. The highest BCUT2D eigenvalue weighted by Gasteiger charge is 2.39. The Morgan fingerprint density at radius 3 is 2.00 bits per heavy atom. The maximum Gasteiger partial charge on any atom is 0.0977 e. The van der Waals surface area contributed by atoms with Crippen LogP contribution in [0, 0.1) is 16.7 Å². The molecular formula is C16H19Cl2NO. The molecular weight excluding hydrogens is 293 g/mol. The van der Waals surface area contributed by atoms with E-state index in [1.54, 1.807) is 18.2 Å². The van der Waals surface area contributed by atoms with E-state index < -0.39 is 11.5 Å². The largest absolute Gasteiger partial charge is 0.387 e. The van der Waals surface area contributed by atoms with Gasteiger partial charge in [0.1, 0.15) is 0 Å².